The van der Waals surface area contributed by atoms with Crippen LogP contribution in [-0.2, 0) is 4.74 Å². The van der Waals surface area contributed by atoms with E-state index in [0.29, 0.717) is 11.7 Å². The molecule has 1 heterocycles. The summed E-state index contributed by atoms with van der Waals surface area (Å²) in [6, 6.07) is 1.86. The highest BCUT2D eigenvalue weighted by atomic mass is 16.5. The Kier molecular flexibility index (Phi) is 4.93. The number of ether oxygens (including phenoxy) is 1. The van der Waals surface area contributed by atoms with E-state index in [1.54, 1.807) is 0 Å². The van der Waals surface area contributed by atoms with Crippen molar-refractivity contribution in [2.24, 2.45) is 11.8 Å². The van der Waals surface area contributed by atoms with Crippen molar-refractivity contribution < 1.29 is 9.53 Å². The summed E-state index contributed by atoms with van der Waals surface area (Å²) < 4.78 is 4.67. The Morgan fingerprint density at radius 1 is 1.40 bits per heavy atom. The van der Waals surface area contributed by atoms with Crippen molar-refractivity contribution in [2.45, 2.75) is 39.5 Å². The molecule has 1 aliphatic rings. The van der Waals surface area contributed by atoms with Crippen molar-refractivity contribution in [1.29, 1.82) is 0 Å². The predicted molar refractivity (Wildman–Crippen MR) is 77.7 cm³/mol. The molecule has 1 aromatic rings. The summed E-state index contributed by atoms with van der Waals surface area (Å²) >= 11 is 0. The number of methoxy groups -OCH3 is 1. The van der Waals surface area contributed by atoms with Gasteiger partial charge >= 0.3 is 5.97 Å². The Bertz CT molecular complexity index is 476. The van der Waals surface area contributed by atoms with Gasteiger partial charge in [-0.1, -0.05) is 26.2 Å². The number of carbonyl (C=O) groups is 1. The van der Waals surface area contributed by atoms with E-state index in [2.05, 4.69) is 26.9 Å². The third-order valence-electron chi connectivity index (χ3n) is 4.06. The van der Waals surface area contributed by atoms with Crippen LogP contribution in [0.25, 0.3) is 0 Å². The quantitative estimate of drug-likeness (QED) is 0.857. The van der Waals surface area contributed by atoms with E-state index >= 15 is 0 Å². The molecule has 1 N–H and O–H groups in total. The molecule has 5 nitrogen and oxygen atoms in total. The molecule has 2 rings (SSSR count). The van der Waals surface area contributed by atoms with E-state index in [9.17, 15) is 4.79 Å². The van der Waals surface area contributed by atoms with Crippen LogP contribution < -0.4 is 5.32 Å². The third-order valence-corrected chi connectivity index (χ3v) is 4.06. The molecule has 1 aromatic heterocycles. The largest absolute Gasteiger partial charge is 0.463 e. The van der Waals surface area contributed by atoms with Crippen LogP contribution in [0.4, 0.5) is 5.82 Å². The minimum atomic E-state index is -0.497. The first-order valence-corrected chi connectivity index (χ1v) is 7.28. The van der Waals surface area contributed by atoms with E-state index in [1.807, 2.05) is 13.0 Å². The normalized spacial score (nSPS) is 22.4. The molecule has 0 aromatic carbocycles. The van der Waals surface area contributed by atoms with Gasteiger partial charge in [-0.25, -0.2) is 14.8 Å². The van der Waals surface area contributed by atoms with Crippen LogP contribution in [0.5, 0.6) is 0 Å². The van der Waals surface area contributed by atoms with Crippen LogP contribution in [0.3, 0.4) is 0 Å². The van der Waals surface area contributed by atoms with Gasteiger partial charge in [0, 0.05) is 18.3 Å². The lowest BCUT2D eigenvalue weighted by Crippen LogP contribution is -2.25. The highest BCUT2D eigenvalue weighted by Crippen LogP contribution is 2.29. The molecule has 0 spiro atoms. The summed E-state index contributed by atoms with van der Waals surface area (Å²) in [4.78, 5) is 19.8. The third kappa shape index (κ3) is 3.68. The molecule has 0 bridgehead atoms. The van der Waals surface area contributed by atoms with Crippen LogP contribution in [0, 0.1) is 18.8 Å². The number of nitrogens with one attached hydrogen (secondary N) is 1. The molecule has 0 aliphatic heterocycles. The monoisotopic (exact) mass is 277 g/mol. The second-order valence-electron chi connectivity index (χ2n) is 5.61. The molecule has 0 saturated heterocycles. The van der Waals surface area contributed by atoms with Crippen LogP contribution in [-0.4, -0.2) is 29.6 Å². The number of aryl methyl sites for hydroxylation is 1. The van der Waals surface area contributed by atoms with Crippen molar-refractivity contribution in [1.82, 2.24) is 9.97 Å². The molecule has 2 atom stereocenters. The summed E-state index contributed by atoms with van der Waals surface area (Å²) in [6.45, 7) is 5.07. The highest BCUT2D eigenvalue weighted by molar-refractivity contribution is 5.85. The average Bonchev–Trinajstić information content (AvgIpc) is 2.45. The number of esters is 1. The summed E-state index contributed by atoms with van der Waals surface area (Å²) in [7, 11) is 1.34. The van der Waals surface area contributed by atoms with E-state index in [-0.39, 0.29) is 5.82 Å². The molecule has 20 heavy (non-hydrogen) atoms. The number of nitrogens with zero attached hydrogens (tertiary/aromatic N) is 2. The number of rotatable bonds is 4. The Hall–Kier alpha value is -1.65. The van der Waals surface area contributed by atoms with Crippen LogP contribution in [0.2, 0.25) is 0 Å². The topological polar surface area (TPSA) is 64.1 Å². The zero-order valence-corrected chi connectivity index (χ0v) is 12.5. The Morgan fingerprint density at radius 2 is 2.15 bits per heavy atom. The number of hydrogen-bond donors (Lipinski definition) is 1. The van der Waals surface area contributed by atoms with Gasteiger partial charge in [-0.2, -0.15) is 0 Å². The summed E-state index contributed by atoms with van der Waals surface area (Å²) in [5, 5.41) is 3.35. The van der Waals surface area contributed by atoms with Gasteiger partial charge in [-0.05, 0) is 25.2 Å². The minimum absolute atomic E-state index is 0.117. The molecule has 2 unspecified atom stereocenters. The molecule has 1 aliphatic carbocycles. The predicted octanol–water partition coefficient (Wildman–Crippen LogP) is 2.81. The Labute approximate surface area is 120 Å². The highest BCUT2D eigenvalue weighted by Gasteiger charge is 2.21. The summed E-state index contributed by atoms with van der Waals surface area (Å²) in [6.07, 6.45) is 5.23. The number of anilines is 1. The van der Waals surface area contributed by atoms with Gasteiger partial charge in [0.2, 0.25) is 5.82 Å². The van der Waals surface area contributed by atoms with E-state index in [0.717, 1.165) is 18.2 Å². The summed E-state index contributed by atoms with van der Waals surface area (Å²) in [5.41, 5.74) is 0.764. The van der Waals surface area contributed by atoms with Gasteiger partial charge in [-0.3, -0.25) is 0 Å². The zero-order chi connectivity index (χ0) is 14.5. The first kappa shape index (κ1) is 14.8. The van der Waals surface area contributed by atoms with Gasteiger partial charge in [0.1, 0.15) is 5.82 Å². The second kappa shape index (κ2) is 6.68. The number of aromatic nitrogens is 2. The Balaban J connectivity index is 2.01. The van der Waals surface area contributed by atoms with E-state index < -0.39 is 5.97 Å². The van der Waals surface area contributed by atoms with Gasteiger partial charge in [0.25, 0.3) is 0 Å². The molecule has 0 amide bonds. The lowest BCUT2D eigenvalue weighted by atomic mass is 9.80. The van der Waals surface area contributed by atoms with E-state index in [4.69, 9.17) is 0 Å². The molecular formula is C15H23N3O2. The van der Waals surface area contributed by atoms with Gasteiger partial charge in [0.05, 0.1) is 7.11 Å². The molecule has 0 radical (unpaired) electrons. The Morgan fingerprint density at radius 3 is 2.85 bits per heavy atom. The van der Waals surface area contributed by atoms with Crippen molar-refractivity contribution >= 4 is 11.8 Å². The standard InChI is InChI=1S/C15H23N3O2/c1-10-6-4-5-7-12(10)9-16-13-8-11(2)17-14(18-13)15(19)20-3/h8,10,12H,4-7,9H2,1-3H3,(H,16,17,18). The number of hydrogen-bond acceptors (Lipinski definition) is 5. The fraction of sp³-hybridized carbons (Fsp3) is 0.667. The smallest absolute Gasteiger partial charge is 0.376 e. The zero-order valence-electron chi connectivity index (χ0n) is 12.5. The van der Waals surface area contributed by atoms with Gasteiger partial charge < -0.3 is 10.1 Å². The van der Waals surface area contributed by atoms with E-state index in [1.165, 1.54) is 32.8 Å². The van der Waals surface area contributed by atoms with Crippen LogP contribution in [0.15, 0.2) is 6.07 Å². The van der Waals surface area contributed by atoms with Gasteiger partial charge in [-0.15, -0.1) is 0 Å². The van der Waals surface area contributed by atoms with Crippen molar-refractivity contribution in [3.8, 4) is 0 Å². The van der Waals surface area contributed by atoms with Crippen LogP contribution in [0.1, 0.15) is 48.9 Å². The first-order valence-electron chi connectivity index (χ1n) is 7.28. The van der Waals surface area contributed by atoms with Crippen molar-refractivity contribution in [2.75, 3.05) is 19.0 Å². The maximum atomic E-state index is 11.5. The maximum Gasteiger partial charge on any atom is 0.376 e. The molecule has 1 saturated carbocycles. The molecule has 110 valence electrons. The van der Waals surface area contributed by atoms with Crippen LogP contribution >= 0.6 is 0 Å². The molecule has 1 fully saturated rings. The SMILES string of the molecule is COC(=O)c1nc(C)cc(NCC2CCCCC2C)n1. The lowest BCUT2D eigenvalue weighted by Gasteiger charge is -2.29. The fourth-order valence-corrected chi connectivity index (χ4v) is 2.77. The fourth-order valence-electron chi connectivity index (χ4n) is 2.77. The lowest BCUT2D eigenvalue weighted by molar-refractivity contribution is 0.0586. The average molecular weight is 277 g/mol. The number of carbonyl (C=O) groups excluding carboxylic acids is 1. The first-order chi connectivity index (χ1) is 9.60. The molecular weight excluding hydrogens is 254 g/mol. The maximum absolute atomic E-state index is 11.5. The summed E-state index contributed by atoms with van der Waals surface area (Å²) in [5.74, 6) is 1.75. The van der Waals surface area contributed by atoms with Crippen molar-refractivity contribution in [3.63, 3.8) is 0 Å². The van der Waals surface area contributed by atoms with Gasteiger partial charge in [0.15, 0.2) is 0 Å². The second-order valence-corrected chi connectivity index (χ2v) is 5.61. The molecule has 5 heteroatoms. The van der Waals surface area contributed by atoms with Crippen molar-refractivity contribution in [3.05, 3.63) is 17.6 Å². The minimum Gasteiger partial charge on any atom is -0.463 e.